The number of benzene rings is 1. The molecule has 2 rings (SSSR count). The van der Waals surface area contributed by atoms with Gasteiger partial charge in [0, 0.05) is 17.8 Å². The van der Waals surface area contributed by atoms with Crippen LogP contribution in [0.1, 0.15) is 32.4 Å². The molecule has 0 radical (unpaired) electrons. The van der Waals surface area contributed by atoms with Gasteiger partial charge in [0.15, 0.2) is 9.84 Å². The number of rotatable bonds is 6. The fourth-order valence-corrected chi connectivity index (χ4v) is 3.48. The number of aromatic amines is 2. The zero-order valence-electron chi connectivity index (χ0n) is 12.4. The molecule has 6 nitrogen and oxygen atoms in total. The van der Waals surface area contributed by atoms with Gasteiger partial charge in [0.1, 0.15) is 0 Å². The van der Waals surface area contributed by atoms with Crippen molar-refractivity contribution in [3.05, 3.63) is 34.2 Å². The number of sulfone groups is 1. The zero-order valence-corrected chi connectivity index (χ0v) is 13.3. The highest BCUT2D eigenvalue weighted by atomic mass is 32.2. The molecule has 0 saturated heterocycles. The third kappa shape index (κ3) is 3.95. The molecule has 3 N–H and O–H groups in total. The molecule has 0 fully saturated rings. The number of fused-ring (bicyclic) bond motifs is 1. The Morgan fingerprint density at radius 3 is 2.52 bits per heavy atom. The summed E-state index contributed by atoms with van der Waals surface area (Å²) in [7, 11) is -2.99. The molecule has 116 valence electrons. The maximum atomic E-state index is 11.6. The predicted octanol–water partition coefficient (Wildman–Crippen LogP) is 1.33. The van der Waals surface area contributed by atoms with E-state index in [-0.39, 0.29) is 29.3 Å². The smallest absolute Gasteiger partial charge is 0.307 e. The van der Waals surface area contributed by atoms with Crippen LogP contribution in [0.15, 0.2) is 23.0 Å². The van der Waals surface area contributed by atoms with Crippen molar-refractivity contribution in [3.63, 3.8) is 0 Å². The van der Waals surface area contributed by atoms with Crippen molar-refractivity contribution in [2.45, 2.75) is 32.9 Å². The van der Waals surface area contributed by atoms with Gasteiger partial charge in [-0.15, -0.1) is 0 Å². The van der Waals surface area contributed by atoms with E-state index >= 15 is 0 Å². The molecule has 0 bridgehead atoms. The summed E-state index contributed by atoms with van der Waals surface area (Å²) in [5, 5.41) is 3.28. The van der Waals surface area contributed by atoms with Gasteiger partial charge in [0.2, 0.25) is 0 Å². The number of nitrogens with one attached hydrogen (secondary N) is 3. The molecule has 0 aliphatic heterocycles. The molecular formula is C14H21N3O3S. The van der Waals surface area contributed by atoms with Crippen molar-refractivity contribution in [1.82, 2.24) is 15.3 Å². The number of hydrogen-bond donors (Lipinski definition) is 3. The second kappa shape index (κ2) is 6.03. The average molecular weight is 311 g/mol. The van der Waals surface area contributed by atoms with E-state index in [2.05, 4.69) is 15.3 Å². The van der Waals surface area contributed by atoms with Gasteiger partial charge in [0.25, 0.3) is 0 Å². The fourth-order valence-electron chi connectivity index (χ4n) is 2.39. The third-order valence-electron chi connectivity index (χ3n) is 3.52. The maximum absolute atomic E-state index is 11.6. The summed E-state index contributed by atoms with van der Waals surface area (Å²) in [5.41, 5.74) is 2.28. The van der Waals surface area contributed by atoms with Gasteiger partial charge in [-0.1, -0.05) is 13.0 Å². The molecule has 1 aromatic carbocycles. The van der Waals surface area contributed by atoms with E-state index in [0.29, 0.717) is 0 Å². The Morgan fingerprint density at radius 1 is 1.19 bits per heavy atom. The summed E-state index contributed by atoms with van der Waals surface area (Å²) in [6.07, 6.45) is 0. The lowest BCUT2D eigenvalue weighted by molar-refractivity contribution is 0.500. The standard InChI is InChI=1S/C14H21N3O3S/c1-4-21(19,20)8-9(2)15-10(3)11-5-6-12-13(7-11)17-14(18)16-12/h5-7,9-10,15H,4,8H2,1-3H3,(H2,16,17,18). The number of hydrogen-bond acceptors (Lipinski definition) is 4. The monoisotopic (exact) mass is 311 g/mol. The van der Waals surface area contributed by atoms with Crippen molar-refractivity contribution in [2.24, 2.45) is 0 Å². The molecule has 0 aliphatic carbocycles. The molecular weight excluding hydrogens is 290 g/mol. The summed E-state index contributed by atoms with van der Waals surface area (Å²) in [6.45, 7) is 5.49. The minimum absolute atomic E-state index is 0.00476. The van der Waals surface area contributed by atoms with Gasteiger partial charge in [-0.05, 0) is 31.5 Å². The molecule has 2 atom stereocenters. The number of imidazole rings is 1. The van der Waals surface area contributed by atoms with Crippen molar-refractivity contribution in [3.8, 4) is 0 Å². The molecule has 7 heteroatoms. The van der Waals surface area contributed by atoms with Gasteiger partial charge >= 0.3 is 5.69 Å². The third-order valence-corrected chi connectivity index (χ3v) is 5.41. The first-order chi connectivity index (χ1) is 9.80. The zero-order chi connectivity index (χ0) is 15.6. The van der Waals surface area contributed by atoms with Gasteiger partial charge in [-0.2, -0.15) is 0 Å². The van der Waals surface area contributed by atoms with E-state index in [4.69, 9.17) is 0 Å². The molecule has 0 saturated carbocycles. The fraction of sp³-hybridized carbons (Fsp3) is 0.500. The lowest BCUT2D eigenvalue weighted by Crippen LogP contribution is -2.35. The van der Waals surface area contributed by atoms with Crippen LogP contribution in [0.3, 0.4) is 0 Å². The Labute approximate surface area is 123 Å². The van der Waals surface area contributed by atoms with Crippen LogP contribution in [0, 0.1) is 0 Å². The van der Waals surface area contributed by atoms with Gasteiger partial charge in [-0.3, -0.25) is 0 Å². The van der Waals surface area contributed by atoms with Gasteiger partial charge in [-0.25, -0.2) is 13.2 Å². The first-order valence-corrected chi connectivity index (χ1v) is 8.81. The summed E-state index contributed by atoms with van der Waals surface area (Å²) < 4.78 is 23.2. The number of aromatic nitrogens is 2. The summed E-state index contributed by atoms with van der Waals surface area (Å²) in [4.78, 5) is 16.7. The first kappa shape index (κ1) is 15.8. The van der Waals surface area contributed by atoms with Crippen molar-refractivity contribution >= 4 is 20.9 Å². The minimum Gasteiger partial charge on any atom is -0.307 e. The SMILES string of the molecule is CCS(=O)(=O)CC(C)NC(C)c1ccc2[nH]c(=O)[nH]c2c1. The van der Waals surface area contributed by atoms with E-state index in [1.54, 1.807) is 6.92 Å². The van der Waals surface area contributed by atoms with Gasteiger partial charge < -0.3 is 15.3 Å². The summed E-state index contributed by atoms with van der Waals surface area (Å²) >= 11 is 0. The van der Waals surface area contributed by atoms with Crippen molar-refractivity contribution in [2.75, 3.05) is 11.5 Å². The van der Waals surface area contributed by atoms with E-state index < -0.39 is 9.84 Å². The Hall–Kier alpha value is -1.60. The highest BCUT2D eigenvalue weighted by molar-refractivity contribution is 7.91. The second-order valence-electron chi connectivity index (χ2n) is 5.37. The first-order valence-electron chi connectivity index (χ1n) is 6.99. The number of H-pyrrole nitrogens is 2. The van der Waals surface area contributed by atoms with E-state index in [9.17, 15) is 13.2 Å². The largest absolute Gasteiger partial charge is 0.323 e. The molecule has 1 heterocycles. The van der Waals surface area contributed by atoms with E-state index in [1.807, 2.05) is 32.0 Å². The Balaban J connectivity index is 2.11. The Morgan fingerprint density at radius 2 is 1.86 bits per heavy atom. The lowest BCUT2D eigenvalue weighted by atomic mass is 10.1. The summed E-state index contributed by atoms with van der Waals surface area (Å²) in [5.74, 6) is 0.279. The Bertz CT molecular complexity index is 776. The Kier molecular flexibility index (Phi) is 4.53. The summed E-state index contributed by atoms with van der Waals surface area (Å²) in [6, 6.07) is 5.52. The van der Waals surface area contributed by atoms with Crippen LogP contribution < -0.4 is 11.0 Å². The van der Waals surface area contributed by atoms with Crippen LogP contribution in [0.4, 0.5) is 0 Å². The maximum Gasteiger partial charge on any atom is 0.323 e. The van der Waals surface area contributed by atoms with Crippen molar-refractivity contribution in [1.29, 1.82) is 0 Å². The van der Waals surface area contributed by atoms with Gasteiger partial charge in [0.05, 0.1) is 16.8 Å². The molecule has 0 spiro atoms. The van der Waals surface area contributed by atoms with Crippen LogP contribution >= 0.6 is 0 Å². The highest BCUT2D eigenvalue weighted by Crippen LogP contribution is 2.17. The van der Waals surface area contributed by atoms with Crippen molar-refractivity contribution < 1.29 is 8.42 Å². The predicted molar refractivity (Wildman–Crippen MR) is 84.3 cm³/mol. The highest BCUT2D eigenvalue weighted by Gasteiger charge is 2.16. The van der Waals surface area contributed by atoms with Crippen LogP contribution in [-0.4, -0.2) is 35.9 Å². The normalized spacial score (nSPS) is 15.2. The van der Waals surface area contributed by atoms with E-state index in [1.165, 1.54) is 0 Å². The molecule has 21 heavy (non-hydrogen) atoms. The molecule has 2 aromatic rings. The molecule has 1 aromatic heterocycles. The van der Waals surface area contributed by atoms with Crippen LogP contribution in [0.5, 0.6) is 0 Å². The van der Waals surface area contributed by atoms with E-state index in [0.717, 1.165) is 16.6 Å². The second-order valence-corrected chi connectivity index (χ2v) is 7.77. The van der Waals surface area contributed by atoms with Crippen LogP contribution in [0.25, 0.3) is 11.0 Å². The topological polar surface area (TPSA) is 94.8 Å². The lowest BCUT2D eigenvalue weighted by Gasteiger charge is -2.20. The minimum atomic E-state index is -2.99. The van der Waals surface area contributed by atoms with Crippen LogP contribution in [0.2, 0.25) is 0 Å². The molecule has 0 aliphatic rings. The van der Waals surface area contributed by atoms with Crippen LogP contribution in [-0.2, 0) is 9.84 Å². The quantitative estimate of drug-likeness (QED) is 0.750. The molecule has 0 amide bonds. The average Bonchev–Trinajstić information content (AvgIpc) is 2.76. The molecule has 2 unspecified atom stereocenters.